The molecule has 1 heterocycles. The number of aliphatic hydroxyl groups is 1. The molecule has 3 nitrogen and oxygen atoms in total. The van der Waals surface area contributed by atoms with E-state index in [1.54, 1.807) is 18.2 Å². The Hall–Kier alpha value is -2.07. The van der Waals surface area contributed by atoms with Gasteiger partial charge in [0.25, 0.3) is 0 Å². The molecule has 2 aromatic carbocycles. The Kier molecular flexibility index (Phi) is 3.56. The Morgan fingerprint density at radius 3 is 2.90 bits per heavy atom. The number of hydrogen-bond acceptors (Lipinski definition) is 3. The summed E-state index contributed by atoms with van der Waals surface area (Å²) in [5.41, 5.74) is 2.46. The fraction of sp³-hybridized carbons (Fsp3) is 0.250. The van der Waals surface area contributed by atoms with Gasteiger partial charge in [0.05, 0.1) is 24.9 Å². The molecule has 4 heteroatoms. The Labute approximate surface area is 117 Å². The van der Waals surface area contributed by atoms with E-state index in [1.165, 1.54) is 6.07 Å². The van der Waals surface area contributed by atoms with Crippen molar-refractivity contribution in [1.82, 2.24) is 0 Å². The number of fused-ring (bicyclic) bond motifs is 1. The molecule has 0 aromatic heterocycles. The van der Waals surface area contributed by atoms with Gasteiger partial charge >= 0.3 is 0 Å². The maximum absolute atomic E-state index is 13.7. The molecule has 3 rings (SSSR count). The molecule has 0 fully saturated rings. The summed E-state index contributed by atoms with van der Waals surface area (Å²) in [5, 5.41) is 12.6. The van der Waals surface area contributed by atoms with Gasteiger partial charge in [0.2, 0.25) is 0 Å². The maximum Gasteiger partial charge on any atom is 0.146 e. The number of hydrogen-bond donors (Lipinski definition) is 2. The molecule has 1 aliphatic rings. The molecule has 0 amide bonds. The molecule has 20 heavy (non-hydrogen) atoms. The van der Waals surface area contributed by atoms with Gasteiger partial charge in [-0.3, -0.25) is 0 Å². The molecular weight excluding hydrogens is 257 g/mol. The van der Waals surface area contributed by atoms with Crippen LogP contribution in [-0.4, -0.2) is 18.3 Å². The van der Waals surface area contributed by atoms with E-state index in [0.29, 0.717) is 12.3 Å². The predicted molar refractivity (Wildman–Crippen MR) is 75.5 cm³/mol. The van der Waals surface area contributed by atoms with Crippen molar-refractivity contribution in [1.29, 1.82) is 0 Å². The van der Waals surface area contributed by atoms with E-state index in [-0.39, 0.29) is 18.5 Å². The monoisotopic (exact) mass is 273 g/mol. The largest absolute Gasteiger partial charge is 0.493 e. The topological polar surface area (TPSA) is 41.5 Å². The molecule has 1 aliphatic heterocycles. The van der Waals surface area contributed by atoms with Crippen LogP contribution in [0.15, 0.2) is 42.5 Å². The summed E-state index contributed by atoms with van der Waals surface area (Å²) in [7, 11) is 0. The number of para-hydroxylation sites is 1. The second kappa shape index (κ2) is 5.51. The third kappa shape index (κ3) is 2.47. The third-order valence-corrected chi connectivity index (χ3v) is 3.50. The number of benzene rings is 2. The highest BCUT2D eigenvalue weighted by molar-refractivity contribution is 5.48. The van der Waals surface area contributed by atoms with Crippen molar-refractivity contribution in [2.75, 3.05) is 18.5 Å². The summed E-state index contributed by atoms with van der Waals surface area (Å²) in [4.78, 5) is 0. The SMILES string of the molecule is OCC(Nc1ccccc1F)c1ccc2c(c1)CCO2. The van der Waals surface area contributed by atoms with Gasteiger partial charge in [-0.05, 0) is 35.4 Å². The van der Waals surface area contributed by atoms with Crippen LogP contribution in [0.3, 0.4) is 0 Å². The first-order valence-electron chi connectivity index (χ1n) is 6.65. The smallest absolute Gasteiger partial charge is 0.146 e. The summed E-state index contributed by atoms with van der Waals surface area (Å²) in [5.74, 6) is 0.576. The highest BCUT2D eigenvalue weighted by Gasteiger charge is 2.17. The molecule has 0 radical (unpaired) electrons. The van der Waals surface area contributed by atoms with Crippen LogP contribution in [0.5, 0.6) is 5.75 Å². The van der Waals surface area contributed by atoms with Crippen LogP contribution in [-0.2, 0) is 6.42 Å². The Morgan fingerprint density at radius 1 is 1.25 bits per heavy atom. The minimum absolute atomic E-state index is 0.103. The summed E-state index contributed by atoms with van der Waals surface area (Å²) in [6.07, 6.45) is 0.876. The number of nitrogens with one attached hydrogen (secondary N) is 1. The van der Waals surface area contributed by atoms with E-state index < -0.39 is 0 Å². The number of ether oxygens (including phenoxy) is 1. The molecule has 0 spiro atoms. The van der Waals surface area contributed by atoms with Crippen molar-refractivity contribution < 1.29 is 14.2 Å². The van der Waals surface area contributed by atoms with Crippen LogP contribution in [0.25, 0.3) is 0 Å². The summed E-state index contributed by atoms with van der Waals surface area (Å²) < 4.78 is 19.1. The van der Waals surface area contributed by atoms with Gasteiger partial charge in [0, 0.05) is 6.42 Å². The molecule has 0 bridgehead atoms. The van der Waals surface area contributed by atoms with Gasteiger partial charge in [-0.1, -0.05) is 18.2 Å². The molecule has 1 atom stereocenters. The third-order valence-electron chi connectivity index (χ3n) is 3.50. The van der Waals surface area contributed by atoms with Crippen molar-refractivity contribution in [3.63, 3.8) is 0 Å². The second-order valence-corrected chi connectivity index (χ2v) is 4.82. The fourth-order valence-corrected chi connectivity index (χ4v) is 2.42. The van der Waals surface area contributed by atoms with E-state index in [9.17, 15) is 9.50 Å². The zero-order chi connectivity index (χ0) is 13.9. The Morgan fingerprint density at radius 2 is 2.10 bits per heavy atom. The first kappa shape index (κ1) is 12.9. The fourth-order valence-electron chi connectivity index (χ4n) is 2.42. The normalized spacial score (nSPS) is 14.5. The summed E-state index contributed by atoms with van der Waals surface area (Å²) >= 11 is 0. The van der Waals surface area contributed by atoms with Gasteiger partial charge in [0.1, 0.15) is 11.6 Å². The number of halogens is 1. The van der Waals surface area contributed by atoms with Crippen molar-refractivity contribution in [3.05, 3.63) is 59.4 Å². The lowest BCUT2D eigenvalue weighted by atomic mass is 10.0. The van der Waals surface area contributed by atoms with Crippen molar-refractivity contribution in [2.45, 2.75) is 12.5 Å². The highest BCUT2D eigenvalue weighted by Crippen LogP contribution is 2.29. The summed E-state index contributed by atoms with van der Waals surface area (Å²) in [6.45, 7) is 0.595. The second-order valence-electron chi connectivity index (χ2n) is 4.82. The molecule has 104 valence electrons. The molecule has 2 N–H and O–H groups in total. The van der Waals surface area contributed by atoms with Crippen LogP contribution < -0.4 is 10.1 Å². The maximum atomic E-state index is 13.7. The van der Waals surface area contributed by atoms with Gasteiger partial charge in [-0.15, -0.1) is 0 Å². The Bertz CT molecular complexity index is 615. The first-order valence-corrected chi connectivity index (χ1v) is 6.65. The molecule has 0 aliphatic carbocycles. The van der Waals surface area contributed by atoms with E-state index >= 15 is 0 Å². The van der Waals surface area contributed by atoms with Crippen LogP contribution in [0.2, 0.25) is 0 Å². The van der Waals surface area contributed by atoms with E-state index in [0.717, 1.165) is 23.3 Å². The number of rotatable bonds is 4. The summed E-state index contributed by atoms with van der Waals surface area (Å²) in [6, 6.07) is 11.9. The quantitative estimate of drug-likeness (QED) is 0.900. The van der Waals surface area contributed by atoms with Gasteiger partial charge in [-0.2, -0.15) is 0 Å². The first-order chi connectivity index (χ1) is 9.78. The van der Waals surface area contributed by atoms with Crippen molar-refractivity contribution in [3.8, 4) is 5.75 Å². The van der Waals surface area contributed by atoms with Crippen LogP contribution in [0, 0.1) is 5.82 Å². The predicted octanol–water partition coefficient (Wildman–Crippen LogP) is 2.91. The molecule has 2 aromatic rings. The minimum atomic E-state index is -0.335. The van der Waals surface area contributed by atoms with Gasteiger partial charge in [0.15, 0.2) is 0 Å². The average Bonchev–Trinajstić information content (AvgIpc) is 2.94. The minimum Gasteiger partial charge on any atom is -0.493 e. The lowest BCUT2D eigenvalue weighted by Gasteiger charge is -2.19. The highest BCUT2D eigenvalue weighted by atomic mass is 19.1. The van der Waals surface area contributed by atoms with Crippen molar-refractivity contribution >= 4 is 5.69 Å². The number of aliphatic hydroxyl groups excluding tert-OH is 1. The molecule has 0 saturated heterocycles. The van der Waals surface area contributed by atoms with Crippen LogP contribution >= 0.6 is 0 Å². The van der Waals surface area contributed by atoms with Crippen molar-refractivity contribution in [2.24, 2.45) is 0 Å². The standard InChI is InChI=1S/C16H16FNO2/c17-13-3-1-2-4-14(13)18-15(10-19)11-5-6-16-12(9-11)7-8-20-16/h1-6,9,15,18-19H,7-8,10H2. The van der Waals surface area contributed by atoms with Crippen LogP contribution in [0.1, 0.15) is 17.2 Å². The molecule has 0 saturated carbocycles. The van der Waals surface area contributed by atoms with Gasteiger partial charge < -0.3 is 15.2 Å². The molecular formula is C16H16FNO2. The van der Waals surface area contributed by atoms with E-state index in [2.05, 4.69) is 5.32 Å². The molecule has 1 unspecified atom stereocenters. The Balaban J connectivity index is 1.85. The van der Waals surface area contributed by atoms with E-state index in [4.69, 9.17) is 4.74 Å². The van der Waals surface area contributed by atoms with E-state index in [1.807, 2.05) is 18.2 Å². The lowest BCUT2D eigenvalue weighted by Crippen LogP contribution is -2.15. The zero-order valence-electron chi connectivity index (χ0n) is 11.0. The van der Waals surface area contributed by atoms with Crippen LogP contribution in [0.4, 0.5) is 10.1 Å². The number of anilines is 1. The average molecular weight is 273 g/mol. The zero-order valence-corrected chi connectivity index (χ0v) is 11.0. The van der Waals surface area contributed by atoms with Gasteiger partial charge in [-0.25, -0.2) is 4.39 Å². The lowest BCUT2D eigenvalue weighted by molar-refractivity contribution is 0.276.